The number of carbonyl (C=O) groups is 2. The monoisotopic (exact) mass is 599 g/mol. The van der Waals surface area contributed by atoms with Gasteiger partial charge in [0.15, 0.2) is 5.76 Å². The third-order valence-corrected chi connectivity index (χ3v) is 8.59. The first-order chi connectivity index (χ1) is 21.4. The van der Waals surface area contributed by atoms with Crippen LogP contribution < -0.4 is 5.32 Å². The van der Waals surface area contributed by atoms with Crippen LogP contribution in [0.4, 0.5) is 4.39 Å². The Morgan fingerprint density at radius 3 is 2.41 bits per heavy atom. The molecule has 11 heteroatoms. The standard InChI is InChI=1S/C33H38FN7O3/c1-23-11-16-29(44-23)32-36-38-40(37-32)22-30(42)41(28-17-19-39(20-18-28)21-24-7-3-2-4-8-24)31(25-12-14-26(34)15-13-25)33(43)35-27-9-5-6-10-27/h2-4,7-8,11-16,27-28,31H,5-6,9-10,17-22H2,1H3,(H,35,43)/t31-/m1/s1. The van der Waals surface area contributed by atoms with Crippen LogP contribution >= 0.6 is 0 Å². The third-order valence-electron chi connectivity index (χ3n) is 8.59. The fourth-order valence-electron chi connectivity index (χ4n) is 6.36. The topological polar surface area (TPSA) is 109 Å². The first kappa shape index (κ1) is 29.7. The van der Waals surface area contributed by atoms with Crippen LogP contribution in [0.25, 0.3) is 11.6 Å². The van der Waals surface area contributed by atoms with Crippen molar-refractivity contribution in [2.24, 2.45) is 0 Å². The van der Waals surface area contributed by atoms with Gasteiger partial charge in [-0.1, -0.05) is 55.3 Å². The van der Waals surface area contributed by atoms with Gasteiger partial charge in [0.05, 0.1) is 0 Å². The van der Waals surface area contributed by atoms with Gasteiger partial charge in [-0.15, -0.1) is 10.2 Å². The number of halogens is 1. The molecular weight excluding hydrogens is 561 g/mol. The number of aryl methyl sites for hydroxylation is 1. The molecule has 6 rings (SSSR count). The number of nitrogens with one attached hydrogen (secondary N) is 1. The number of aromatic nitrogens is 4. The van der Waals surface area contributed by atoms with E-state index in [0.717, 1.165) is 45.3 Å². The summed E-state index contributed by atoms with van der Waals surface area (Å²) in [6.45, 7) is 3.99. The lowest BCUT2D eigenvalue weighted by Crippen LogP contribution is -2.54. The van der Waals surface area contributed by atoms with Crippen LogP contribution in [-0.2, 0) is 22.7 Å². The fraction of sp³-hybridized carbons (Fsp3) is 0.424. The van der Waals surface area contributed by atoms with E-state index in [1.54, 1.807) is 23.1 Å². The highest BCUT2D eigenvalue weighted by Gasteiger charge is 2.39. The maximum Gasteiger partial charge on any atom is 0.247 e. The summed E-state index contributed by atoms with van der Waals surface area (Å²) < 4.78 is 19.6. The number of hydrogen-bond acceptors (Lipinski definition) is 7. The minimum atomic E-state index is -0.926. The van der Waals surface area contributed by atoms with E-state index >= 15 is 0 Å². The van der Waals surface area contributed by atoms with Crippen LogP contribution in [0.1, 0.15) is 61.5 Å². The Bertz CT molecular complexity index is 1540. The number of likely N-dealkylation sites (tertiary alicyclic amines) is 1. The highest BCUT2D eigenvalue weighted by Crippen LogP contribution is 2.31. The number of nitrogens with zero attached hydrogens (tertiary/aromatic N) is 6. The van der Waals surface area contributed by atoms with E-state index in [2.05, 4.69) is 37.8 Å². The number of carbonyl (C=O) groups excluding carboxylic acids is 2. The average Bonchev–Trinajstić information content (AvgIpc) is 3.81. The summed E-state index contributed by atoms with van der Waals surface area (Å²) in [7, 11) is 0. The van der Waals surface area contributed by atoms with Crippen LogP contribution in [0, 0.1) is 12.7 Å². The lowest BCUT2D eigenvalue weighted by Gasteiger charge is -2.42. The molecule has 0 unspecified atom stereocenters. The molecule has 4 aromatic rings. The molecule has 1 atom stereocenters. The van der Waals surface area contributed by atoms with Gasteiger partial charge in [0.25, 0.3) is 0 Å². The number of furan rings is 1. The molecule has 2 aromatic heterocycles. The number of benzene rings is 2. The SMILES string of the molecule is Cc1ccc(-c2nnn(CC(=O)N(C3CCN(Cc4ccccc4)CC3)[C@@H](C(=O)NC3CCCC3)c3ccc(F)cc3)n2)o1. The zero-order chi connectivity index (χ0) is 30.5. The van der Waals surface area contributed by atoms with Crippen LogP contribution in [0.5, 0.6) is 0 Å². The lowest BCUT2D eigenvalue weighted by atomic mass is 9.96. The van der Waals surface area contributed by atoms with Crippen LogP contribution in [0.15, 0.2) is 71.1 Å². The van der Waals surface area contributed by atoms with Crippen LogP contribution in [0.2, 0.25) is 0 Å². The highest BCUT2D eigenvalue weighted by molar-refractivity contribution is 5.89. The smallest absolute Gasteiger partial charge is 0.247 e. The van der Waals surface area contributed by atoms with Crippen molar-refractivity contribution in [1.29, 1.82) is 0 Å². The van der Waals surface area contributed by atoms with Gasteiger partial charge < -0.3 is 14.6 Å². The minimum Gasteiger partial charge on any atom is -0.458 e. The van der Waals surface area contributed by atoms with E-state index in [4.69, 9.17) is 4.42 Å². The van der Waals surface area contributed by atoms with Crippen molar-refractivity contribution in [2.75, 3.05) is 13.1 Å². The Kier molecular flexibility index (Phi) is 9.11. The number of rotatable bonds is 10. The molecule has 10 nitrogen and oxygen atoms in total. The van der Waals surface area contributed by atoms with Crippen molar-refractivity contribution in [3.05, 3.63) is 89.4 Å². The molecule has 0 radical (unpaired) electrons. The van der Waals surface area contributed by atoms with E-state index in [1.807, 2.05) is 31.2 Å². The molecule has 1 saturated heterocycles. The van der Waals surface area contributed by atoms with E-state index in [-0.39, 0.29) is 36.3 Å². The largest absolute Gasteiger partial charge is 0.458 e. The molecule has 44 heavy (non-hydrogen) atoms. The summed E-state index contributed by atoms with van der Waals surface area (Å²) in [6.07, 6.45) is 5.31. The van der Waals surface area contributed by atoms with Gasteiger partial charge >= 0.3 is 0 Å². The Labute approximate surface area is 256 Å². The van der Waals surface area contributed by atoms with Gasteiger partial charge in [0, 0.05) is 31.7 Å². The molecule has 1 N–H and O–H groups in total. The zero-order valence-electron chi connectivity index (χ0n) is 24.9. The van der Waals surface area contributed by atoms with Crippen molar-refractivity contribution >= 4 is 11.8 Å². The normalized spacial score (nSPS) is 17.0. The van der Waals surface area contributed by atoms with Gasteiger partial charge in [-0.05, 0) is 73.2 Å². The minimum absolute atomic E-state index is 0.0615. The molecule has 0 spiro atoms. The van der Waals surface area contributed by atoms with Gasteiger partial charge in [-0.25, -0.2) is 4.39 Å². The Hall–Kier alpha value is -4.38. The maximum absolute atomic E-state index is 14.3. The fourth-order valence-corrected chi connectivity index (χ4v) is 6.36. The third kappa shape index (κ3) is 7.05. The number of tetrazole rings is 1. The maximum atomic E-state index is 14.3. The van der Waals surface area contributed by atoms with Crippen LogP contribution in [0.3, 0.4) is 0 Å². The molecule has 2 aliphatic rings. The molecule has 2 fully saturated rings. The number of piperidine rings is 1. The van der Waals surface area contributed by atoms with Crippen molar-refractivity contribution in [3.8, 4) is 11.6 Å². The second-order valence-electron chi connectivity index (χ2n) is 11.8. The first-order valence-electron chi connectivity index (χ1n) is 15.4. The lowest BCUT2D eigenvalue weighted by molar-refractivity contribution is -0.146. The molecule has 0 bridgehead atoms. The van der Waals surface area contributed by atoms with Crippen molar-refractivity contribution in [1.82, 2.24) is 35.3 Å². The molecular formula is C33H38FN7O3. The summed E-state index contributed by atoms with van der Waals surface area (Å²) in [6, 6.07) is 18.7. The van der Waals surface area contributed by atoms with Gasteiger partial charge in [0.2, 0.25) is 17.6 Å². The summed E-state index contributed by atoms with van der Waals surface area (Å²) >= 11 is 0. The van der Waals surface area contributed by atoms with E-state index < -0.39 is 11.9 Å². The second-order valence-corrected chi connectivity index (χ2v) is 11.8. The molecule has 1 aliphatic heterocycles. The summed E-state index contributed by atoms with van der Waals surface area (Å²) in [4.78, 5) is 33.6. The summed E-state index contributed by atoms with van der Waals surface area (Å²) in [5.74, 6) is 0.504. The van der Waals surface area contributed by atoms with Crippen LogP contribution in [-0.4, -0.2) is 67.0 Å². The Morgan fingerprint density at radius 1 is 1.00 bits per heavy atom. The second kappa shape index (κ2) is 13.5. The van der Waals surface area contributed by atoms with Gasteiger partial charge in [-0.3, -0.25) is 14.5 Å². The molecule has 230 valence electrons. The quantitative estimate of drug-likeness (QED) is 0.282. The number of amides is 2. The summed E-state index contributed by atoms with van der Waals surface area (Å²) in [5.41, 5.74) is 1.80. The van der Waals surface area contributed by atoms with Crippen molar-refractivity contribution in [2.45, 2.75) is 76.7 Å². The predicted octanol–water partition coefficient (Wildman–Crippen LogP) is 4.67. The molecule has 1 saturated carbocycles. The highest BCUT2D eigenvalue weighted by atomic mass is 19.1. The molecule has 2 amide bonds. The molecule has 1 aliphatic carbocycles. The summed E-state index contributed by atoms with van der Waals surface area (Å²) in [5, 5.41) is 15.8. The first-order valence-corrected chi connectivity index (χ1v) is 15.4. The molecule has 3 heterocycles. The van der Waals surface area contributed by atoms with Crippen molar-refractivity contribution < 1.29 is 18.4 Å². The zero-order valence-corrected chi connectivity index (χ0v) is 24.9. The van der Waals surface area contributed by atoms with E-state index in [9.17, 15) is 14.0 Å². The van der Waals surface area contributed by atoms with Gasteiger partial charge in [0.1, 0.15) is 24.2 Å². The Morgan fingerprint density at radius 2 is 1.73 bits per heavy atom. The van der Waals surface area contributed by atoms with E-state index in [0.29, 0.717) is 29.9 Å². The Balaban J connectivity index is 1.27. The molecule has 2 aromatic carbocycles. The number of hydrogen-bond donors (Lipinski definition) is 1. The average molecular weight is 600 g/mol. The van der Waals surface area contributed by atoms with E-state index in [1.165, 1.54) is 22.5 Å². The van der Waals surface area contributed by atoms with Gasteiger partial charge in [-0.2, -0.15) is 4.80 Å². The predicted molar refractivity (Wildman–Crippen MR) is 161 cm³/mol. The van der Waals surface area contributed by atoms with Crippen molar-refractivity contribution in [3.63, 3.8) is 0 Å².